The third-order valence-corrected chi connectivity index (χ3v) is 3.25. The van der Waals surface area contributed by atoms with Crippen LogP contribution in [0, 0.1) is 0 Å². The average Bonchev–Trinajstić information content (AvgIpc) is 2.46. The first-order chi connectivity index (χ1) is 6.61. The van der Waals surface area contributed by atoms with E-state index in [1.807, 2.05) is 19.1 Å². The third kappa shape index (κ3) is 1.39. The SMILES string of the molecule is CC(N)C1CN(C)c2cccc(Cl)c21. The summed E-state index contributed by atoms with van der Waals surface area (Å²) in [6.45, 7) is 3.01. The molecular formula is C11H15ClN2. The van der Waals surface area contributed by atoms with Crippen molar-refractivity contribution in [3.63, 3.8) is 0 Å². The van der Waals surface area contributed by atoms with E-state index in [2.05, 4.69) is 18.0 Å². The molecule has 2 unspecified atom stereocenters. The Bertz CT molecular complexity index is 349. The van der Waals surface area contributed by atoms with Gasteiger partial charge < -0.3 is 10.6 Å². The second-order valence-electron chi connectivity index (χ2n) is 4.02. The van der Waals surface area contributed by atoms with Gasteiger partial charge in [0.25, 0.3) is 0 Å². The summed E-state index contributed by atoms with van der Waals surface area (Å²) >= 11 is 6.19. The Morgan fingerprint density at radius 3 is 2.93 bits per heavy atom. The number of nitrogens with two attached hydrogens (primary N) is 1. The van der Waals surface area contributed by atoms with E-state index in [-0.39, 0.29) is 6.04 Å². The number of hydrogen-bond acceptors (Lipinski definition) is 2. The van der Waals surface area contributed by atoms with E-state index in [9.17, 15) is 0 Å². The molecule has 1 aliphatic heterocycles. The number of fused-ring (bicyclic) bond motifs is 1. The van der Waals surface area contributed by atoms with E-state index in [1.54, 1.807) is 0 Å². The van der Waals surface area contributed by atoms with Gasteiger partial charge in [-0.15, -0.1) is 0 Å². The molecule has 1 aromatic rings. The minimum absolute atomic E-state index is 0.151. The van der Waals surface area contributed by atoms with Crippen LogP contribution in [0.1, 0.15) is 18.4 Å². The van der Waals surface area contributed by atoms with Gasteiger partial charge in [0.2, 0.25) is 0 Å². The molecule has 0 aromatic heterocycles. The van der Waals surface area contributed by atoms with Gasteiger partial charge in [0.1, 0.15) is 0 Å². The number of benzene rings is 1. The standard InChI is InChI=1S/C11H15ClN2/c1-7(13)8-6-14(2)10-5-3-4-9(12)11(8)10/h3-5,7-8H,6,13H2,1-2H3. The van der Waals surface area contributed by atoms with E-state index in [1.165, 1.54) is 11.3 Å². The minimum atomic E-state index is 0.151. The van der Waals surface area contributed by atoms with Gasteiger partial charge in [0, 0.05) is 41.8 Å². The van der Waals surface area contributed by atoms with Crippen molar-refractivity contribution in [1.82, 2.24) is 0 Å². The van der Waals surface area contributed by atoms with Gasteiger partial charge in [-0.2, -0.15) is 0 Å². The highest BCUT2D eigenvalue weighted by Crippen LogP contribution is 2.40. The lowest BCUT2D eigenvalue weighted by molar-refractivity contribution is 0.594. The fourth-order valence-electron chi connectivity index (χ4n) is 2.14. The van der Waals surface area contributed by atoms with Crippen LogP contribution in [0.4, 0.5) is 5.69 Å². The molecule has 3 heteroatoms. The zero-order chi connectivity index (χ0) is 10.3. The topological polar surface area (TPSA) is 29.3 Å². The highest BCUT2D eigenvalue weighted by molar-refractivity contribution is 6.32. The van der Waals surface area contributed by atoms with Gasteiger partial charge in [0.15, 0.2) is 0 Å². The van der Waals surface area contributed by atoms with E-state index in [0.29, 0.717) is 5.92 Å². The van der Waals surface area contributed by atoms with Gasteiger partial charge in [-0.05, 0) is 19.1 Å². The van der Waals surface area contributed by atoms with E-state index in [4.69, 9.17) is 17.3 Å². The molecule has 2 rings (SSSR count). The molecule has 0 bridgehead atoms. The maximum atomic E-state index is 6.19. The summed E-state index contributed by atoms with van der Waals surface area (Å²) in [5, 5.41) is 0.842. The molecule has 0 spiro atoms. The van der Waals surface area contributed by atoms with Crippen LogP contribution in [-0.4, -0.2) is 19.6 Å². The van der Waals surface area contributed by atoms with E-state index >= 15 is 0 Å². The van der Waals surface area contributed by atoms with Crippen LogP contribution in [0.3, 0.4) is 0 Å². The molecule has 2 nitrogen and oxygen atoms in total. The summed E-state index contributed by atoms with van der Waals surface area (Å²) in [6.07, 6.45) is 0. The summed E-state index contributed by atoms with van der Waals surface area (Å²) < 4.78 is 0. The number of halogens is 1. The van der Waals surface area contributed by atoms with Crippen molar-refractivity contribution in [3.8, 4) is 0 Å². The Balaban J connectivity index is 2.51. The maximum absolute atomic E-state index is 6.19. The molecule has 0 aliphatic carbocycles. The quantitative estimate of drug-likeness (QED) is 0.770. The molecule has 1 heterocycles. The van der Waals surface area contributed by atoms with Gasteiger partial charge in [-0.3, -0.25) is 0 Å². The molecule has 76 valence electrons. The van der Waals surface area contributed by atoms with Gasteiger partial charge in [-0.25, -0.2) is 0 Å². The van der Waals surface area contributed by atoms with Crippen LogP contribution in [0.2, 0.25) is 5.02 Å². The molecule has 0 fully saturated rings. The fraction of sp³-hybridized carbons (Fsp3) is 0.455. The van der Waals surface area contributed by atoms with Crippen LogP contribution in [0.25, 0.3) is 0 Å². The lowest BCUT2D eigenvalue weighted by Crippen LogP contribution is -2.28. The minimum Gasteiger partial charge on any atom is -0.374 e. The monoisotopic (exact) mass is 210 g/mol. The summed E-state index contributed by atoms with van der Waals surface area (Å²) in [6, 6.07) is 6.18. The van der Waals surface area contributed by atoms with E-state index in [0.717, 1.165) is 11.6 Å². The Hall–Kier alpha value is -0.730. The molecular weight excluding hydrogens is 196 g/mol. The predicted molar refractivity (Wildman–Crippen MR) is 61.1 cm³/mol. The van der Waals surface area contributed by atoms with Crippen LogP contribution < -0.4 is 10.6 Å². The van der Waals surface area contributed by atoms with Crippen molar-refractivity contribution in [2.75, 3.05) is 18.5 Å². The molecule has 2 N–H and O–H groups in total. The number of rotatable bonds is 1. The Morgan fingerprint density at radius 1 is 1.57 bits per heavy atom. The van der Waals surface area contributed by atoms with Crippen molar-refractivity contribution in [2.24, 2.45) is 5.73 Å². The molecule has 0 amide bonds. The maximum Gasteiger partial charge on any atom is 0.0462 e. The zero-order valence-corrected chi connectivity index (χ0v) is 9.25. The first kappa shape index (κ1) is 9.81. The second-order valence-corrected chi connectivity index (χ2v) is 4.43. The number of hydrogen-bond donors (Lipinski definition) is 1. The van der Waals surface area contributed by atoms with Gasteiger partial charge >= 0.3 is 0 Å². The molecule has 1 aromatic carbocycles. The Morgan fingerprint density at radius 2 is 2.29 bits per heavy atom. The third-order valence-electron chi connectivity index (χ3n) is 2.92. The molecule has 1 aliphatic rings. The first-order valence-corrected chi connectivity index (χ1v) is 5.24. The Labute approximate surface area is 89.7 Å². The van der Waals surface area contributed by atoms with Crippen LogP contribution in [-0.2, 0) is 0 Å². The van der Waals surface area contributed by atoms with Crippen molar-refractivity contribution in [2.45, 2.75) is 18.9 Å². The largest absolute Gasteiger partial charge is 0.374 e. The summed E-state index contributed by atoms with van der Waals surface area (Å²) in [5.74, 6) is 0.365. The van der Waals surface area contributed by atoms with Crippen molar-refractivity contribution in [3.05, 3.63) is 28.8 Å². The lowest BCUT2D eigenvalue weighted by atomic mass is 9.95. The predicted octanol–water partition coefficient (Wildman–Crippen LogP) is 2.22. The highest BCUT2D eigenvalue weighted by atomic mass is 35.5. The second kappa shape index (κ2) is 3.44. The van der Waals surface area contributed by atoms with Crippen molar-refractivity contribution in [1.29, 1.82) is 0 Å². The Kier molecular flexibility index (Phi) is 2.41. The zero-order valence-electron chi connectivity index (χ0n) is 8.50. The first-order valence-electron chi connectivity index (χ1n) is 4.86. The van der Waals surface area contributed by atoms with Crippen molar-refractivity contribution < 1.29 is 0 Å². The number of nitrogens with zero attached hydrogens (tertiary/aromatic N) is 1. The summed E-state index contributed by atoms with van der Waals surface area (Å²) in [4.78, 5) is 2.22. The van der Waals surface area contributed by atoms with E-state index < -0.39 is 0 Å². The van der Waals surface area contributed by atoms with Crippen LogP contribution in [0.5, 0.6) is 0 Å². The summed E-state index contributed by atoms with van der Waals surface area (Å²) in [5.41, 5.74) is 8.39. The fourth-order valence-corrected chi connectivity index (χ4v) is 2.45. The van der Waals surface area contributed by atoms with Crippen LogP contribution in [0.15, 0.2) is 18.2 Å². The summed E-state index contributed by atoms with van der Waals surface area (Å²) in [7, 11) is 2.08. The lowest BCUT2D eigenvalue weighted by Gasteiger charge is -2.16. The molecule has 14 heavy (non-hydrogen) atoms. The normalized spacial score (nSPS) is 22.3. The van der Waals surface area contributed by atoms with Gasteiger partial charge in [-0.1, -0.05) is 17.7 Å². The van der Waals surface area contributed by atoms with Crippen molar-refractivity contribution >= 4 is 17.3 Å². The van der Waals surface area contributed by atoms with Gasteiger partial charge in [0.05, 0.1) is 0 Å². The number of likely N-dealkylation sites (N-methyl/N-ethyl adjacent to an activating group) is 1. The molecule has 2 atom stereocenters. The highest BCUT2D eigenvalue weighted by Gasteiger charge is 2.30. The molecule has 0 saturated carbocycles. The van der Waals surface area contributed by atoms with Crippen LogP contribution >= 0.6 is 11.6 Å². The molecule has 0 saturated heterocycles. The molecule has 0 radical (unpaired) electrons. The number of anilines is 1. The average molecular weight is 211 g/mol. The smallest absolute Gasteiger partial charge is 0.0462 e.